The van der Waals surface area contributed by atoms with Crippen LogP contribution in [0.15, 0.2) is 0 Å². The highest BCUT2D eigenvalue weighted by molar-refractivity contribution is 5.87. The molecule has 0 radical (unpaired) electrons. The van der Waals surface area contributed by atoms with Crippen molar-refractivity contribution in [3.8, 4) is 0 Å². The summed E-state index contributed by atoms with van der Waals surface area (Å²) in [4.78, 5) is 22.8. The molecule has 0 spiro atoms. The normalized spacial score (nSPS) is 20.0. The first-order chi connectivity index (χ1) is 7.15. The Bertz CT molecular complexity index is 306. The van der Waals surface area contributed by atoms with Crippen LogP contribution in [-0.4, -0.2) is 22.9 Å². The summed E-state index contributed by atoms with van der Waals surface area (Å²) in [5.41, 5.74) is 9.61. The fraction of sp³-hybridized carbons (Fsp3) is 0.818. The van der Waals surface area contributed by atoms with E-state index in [0.717, 1.165) is 12.8 Å². The van der Waals surface area contributed by atoms with Gasteiger partial charge in [0.2, 0.25) is 11.8 Å². The summed E-state index contributed by atoms with van der Waals surface area (Å²) in [5, 5.41) is 2.78. The first kappa shape index (κ1) is 13.0. The maximum Gasteiger partial charge on any atom is 0.240 e. The Morgan fingerprint density at radius 1 is 1.31 bits per heavy atom. The van der Waals surface area contributed by atoms with E-state index >= 15 is 0 Å². The lowest BCUT2D eigenvalue weighted by Crippen LogP contribution is -2.59. The van der Waals surface area contributed by atoms with E-state index in [1.165, 1.54) is 0 Å². The molecule has 1 aliphatic carbocycles. The monoisotopic (exact) mass is 227 g/mol. The molecule has 0 bridgehead atoms. The van der Waals surface area contributed by atoms with Gasteiger partial charge in [-0.05, 0) is 39.5 Å². The third-order valence-corrected chi connectivity index (χ3v) is 2.98. The summed E-state index contributed by atoms with van der Waals surface area (Å²) >= 11 is 0. The molecule has 1 atom stereocenters. The minimum atomic E-state index is -0.838. The van der Waals surface area contributed by atoms with E-state index in [1.807, 2.05) is 0 Å². The van der Waals surface area contributed by atoms with Gasteiger partial charge in [-0.3, -0.25) is 9.59 Å². The number of amides is 2. The van der Waals surface area contributed by atoms with E-state index in [-0.39, 0.29) is 18.2 Å². The molecule has 5 N–H and O–H groups in total. The third-order valence-electron chi connectivity index (χ3n) is 2.98. The lowest BCUT2D eigenvalue weighted by Gasteiger charge is -2.31. The van der Waals surface area contributed by atoms with Crippen molar-refractivity contribution in [2.45, 2.75) is 51.1 Å². The van der Waals surface area contributed by atoms with Crippen LogP contribution in [0.2, 0.25) is 0 Å². The second kappa shape index (κ2) is 4.05. The number of nitrogens with one attached hydrogen (secondary N) is 1. The second-order valence-corrected chi connectivity index (χ2v) is 5.54. The number of hydrogen-bond donors (Lipinski definition) is 3. The van der Waals surface area contributed by atoms with Gasteiger partial charge >= 0.3 is 0 Å². The maximum absolute atomic E-state index is 12.0. The molecule has 92 valence electrons. The van der Waals surface area contributed by atoms with Gasteiger partial charge in [0.05, 0.1) is 5.54 Å². The SMILES string of the molecule is CC(C)(CC(N)=O)NC(=O)C(C)(N)C1CC1. The molecule has 0 aliphatic heterocycles. The van der Waals surface area contributed by atoms with Gasteiger partial charge in [-0.25, -0.2) is 0 Å². The summed E-state index contributed by atoms with van der Waals surface area (Å²) in [7, 11) is 0. The minimum Gasteiger partial charge on any atom is -0.370 e. The lowest BCUT2D eigenvalue weighted by atomic mass is 9.92. The molecule has 1 saturated carbocycles. The molecule has 0 aromatic heterocycles. The molecular formula is C11H21N3O2. The summed E-state index contributed by atoms with van der Waals surface area (Å²) in [5.74, 6) is -0.381. The molecule has 2 amide bonds. The average Bonchev–Trinajstić information content (AvgIpc) is 2.80. The molecule has 0 aromatic rings. The zero-order chi connectivity index (χ0) is 12.6. The summed E-state index contributed by atoms with van der Waals surface area (Å²) in [6.07, 6.45) is 2.10. The summed E-state index contributed by atoms with van der Waals surface area (Å²) < 4.78 is 0. The van der Waals surface area contributed by atoms with Crippen molar-refractivity contribution in [2.75, 3.05) is 0 Å². The minimum absolute atomic E-state index is 0.111. The van der Waals surface area contributed by atoms with Crippen LogP contribution in [0.25, 0.3) is 0 Å². The Balaban J connectivity index is 2.59. The van der Waals surface area contributed by atoms with E-state index < -0.39 is 17.0 Å². The number of primary amides is 1. The van der Waals surface area contributed by atoms with Crippen LogP contribution in [0.1, 0.15) is 40.0 Å². The van der Waals surface area contributed by atoms with Crippen molar-refractivity contribution in [1.82, 2.24) is 5.32 Å². The van der Waals surface area contributed by atoms with Gasteiger partial charge in [-0.2, -0.15) is 0 Å². The standard InChI is InChI=1S/C11H21N3O2/c1-10(2,6-8(12)15)14-9(16)11(3,13)7-4-5-7/h7H,4-6,13H2,1-3H3,(H2,12,15)(H,14,16). The molecule has 1 unspecified atom stereocenters. The van der Waals surface area contributed by atoms with Crippen LogP contribution in [0.4, 0.5) is 0 Å². The molecule has 5 heteroatoms. The molecule has 5 nitrogen and oxygen atoms in total. The number of carbonyl (C=O) groups excluding carboxylic acids is 2. The van der Waals surface area contributed by atoms with Gasteiger partial charge in [-0.15, -0.1) is 0 Å². The van der Waals surface area contributed by atoms with Crippen LogP contribution in [-0.2, 0) is 9.59 Å². The highest BCUT2D eigenvalue weighted by Gasteiger charge is 2.45. The van der Waals surface area contributed by atoms with Gasteiger partial charge < -0.3 is 16.8 Å². The number of hydrogen-bond acceptors (Lipinski definition) is 3. The van der Waals surface area contributed by atoms with E-state index in [4.69, 9.17) is 11.5 Å². The Labute approximate surface area is 95.9 Å². The lowest BCUT2D eigenvalue weighted by molar-refractivity contribution is -0.128. The van der Waals surface area contributed by atoms with Gasteiger partial charge in [0.15, 0.2) is 0 Å². The summed E-state index contributed by atoms with van der Waals surface area (Å²) in [6.45, 7) is 5.26. The molecule has 1 rings (SSSR count). The Morgan fingerprint density at radius 2 is 1.81 bits per heavy atom. The van der Waals surface area contributed by atoms with Crippen LogP contribution in [0.5, 0.6) is 0 Å². The third kappa shape index (κ3) is 3.20. The first-order valence-electron chi connectivity index (χ1n) is 5.55. The average molecular weight is 227 g/mol. The van der Waals surface area contributed by atoms with E-state index in [2.05, 4.69) is 5.32 Å². The molecule has 0 saturated heterocycles. The fourth-order valence-electron chi connectivity index (χ4n) is 1.79. The van der Waals surface area contributed by atoms with Crippen molar-refractivity contribution in [2.24, 2.45) is 17.4 Å². The smallest absolute Gasteiger partial charge is 0.240 e. The van der Waals surface area contributed by atoms with Crippen molar-refractivity contribution >= 4 is 11.8 Å². The topological polar surface area (TPSA) is 98.2 Å². The number of carbonyl (C=O) groups is 2. The van der Waals surface area contributed by atoms with Crippen molar-refractivity contribution in [1.29, 1.82) is 0 Å². The predicted octanol–water partition coefficient (Wildman–Crippen LogP) is -0.116. The second-order valence-electron chi connectivity index (χ2n) is 5.54. The molecular weight excluding hydrogens is 206 g/mol. The molecule has 0 aromatic carbocycles. The molecule has 0 heterocycles. The first-order valence-corrected chi connectivity index (χ1v) is 5.55. The molecule has 1 aliphatic rings. The Hall–Kier alpha value is -1.10. The molecule has 16 heavy (non-hydrogen) atoms. The van der Waals surface area contributed by atoms with Crippen molar-refractivity contribution in [3.63, 3.8) is 0 Å². The van der Waals surface area contributed by atoms with Crippen LogP contribution in [0.3, 0.4) is 0 Å². The van der Waals surface area contributed by atoms with Gasteiger partial charge in [-0.1, -0.05) is 0 Å². The largest absolute Gasteiger partial charge is 0.370 e. The molecule has 1 fully saturated rings. The quantitative estimate of drug-likeness (QED) is 0.611. The Kier molecular flexibility index (Phi) is 3.28. The van der Waals surface area contributed by atoms with Gasteiger partial charge in [0.1, 0.15) is 0 Å². The number of rotatable bonds is 5. The maximum atomic E-state index is 12.0. The van der Waals surface area contributed by atoms with Crippen LogP contribution >= 0.6 is 0 Å². The van der Waals surface area contributed by atoms with Crippen molar-refractivity contribution < 1.29 is 9.59 Å². The highest BCUT2D eigenvalue weighted by atomic mass is 16.2. The van der Waals surface area contributed by atoms with Crippen LogP contribution in [0, 0.1) is 5.92 Å². The number of nitrogens with two attached hydrogens (primary N) is 2. The highest BCUT2D eigenvalue weighted by Crippen LogP contribution is 2.38. The Morgan fingerprint density at radius 3 is 2.19 bits per heavy atom. The van der Waals surface area contributed by atoms with Gasteiger partial charge in [0, 0.05) is 12.0 Å². The van der Waals surface area contributed by atoms with Crippen LogP contribution < -0.4 is 16.8 Å². The predicted molar refractivity (Wildman–Crippen MR) is 61.3 cm³/mol. The van der Waals surface area contributed by atoms with Crippen molar-refractivity contribution in [3.05, 3.63) is 0 Å². The zero-order valence-corrected chi connectivity index (χ0v) is 10.2. The van der Waals surface area contributed by atoms with Gasteiger partial charge in [0.25, 0.3) is 0 Å². The fourth-order valence-corrected chi connectivity index (χ4v) is 1.79. The van der Waals surface area contributed by atoms with E-state index in [1.54, 1.807) is 20.8 Å². The summed E-state index contributed by atoms with van der Waals surface area (Å²) in [6, 6.07) is 0. The van der Waals surface area contributed by atoms with E-state index in [9.17, 15) is 9.59 Å². The van der Waals surface area contributed by atoms with E-state index in [0.29, 0.717) is 0 Å². The zero-order valence-electron chi connectivity index (χ0n) is 10.2.